The minimum Gasteiger partial charge on any atom is -0.494 e. The van der Waals surface area contributed by atoms with Crippen LogP contribution >= 0.6 is 0 Å². The first-order chi connectivity index (χ1) is 16.0. The molecule has 11 heteroatoms. The number of halogens is 2. The smallest absolute Gasteiger partial charge is 0.291 e. The first kappa shape index (κ1) is 23.9. The van der Waals surface area contributed by atoms with Crippen LogP contribution in [0.5, 0.6) is 5.88 Å². The summed E-state index contributed by atoms with van der Waals surface area (Å²) in [5.74, 6) is -4.22. The number of fused-ring (bicyclic) bond motifs is 1. The zero-order valence-electron chi connectivity index (χ0n) is 19.5. The Hall–Kier alpha value is -3.24. The summed E-state index contributed by atoms with van der Waals surface area (Å²) in [6.07, 6.45) is 3.64. The maximum absolute atomic E-state index is 13.4. The van der Waals surface area contributed by atoms with E-state index in [0.29, 0.717) is 17.8 Å². The second-order valence-corrected chi connectivity index (χ2v) is 9.51. The van der Waals surface area contributed by atoms with Crippen LogP contribution in [0.4, 0.5) is 8.78 Å². The van der Waals surface area contributed by atoms with Gasteiger partial charge in [0.1, 0.15) is 5.65 Å². The van der Waals surface area contributed by atoms with Gasteiger partial charge in [-0.05, 0) is 31.8 Å². The number of carbonyl (C=O) groups is 2. The highest BCUT2D eigenvalue weighted by molar-refractivity contribution is 5.97. The molecule has 1 saturated heterocycles. The predicted molar refractivity (Wildman–Crippen MR) is 121 cm³/mol. The summed E-state index contributed by atoms with van der Waals surface area (Å²) in [6.45, 7) is 5.71. The zero-order valence-corrected chi connectivity index (χ0v) is 19.5. The molecule has 184 valence electrons. The molecule has 1 aliphatic carbocycles. The van der Waals surface area contributed by atoms with E-state index in [9.17, 15) is 28.3 Å². The molecule has 0 aromatic carbocycles. The summed E-state index contributed by atoms with van der Waals surface area (Å²) < 4.78 is 29.4. The SMILES string of the molecule is Cc1nn2c(=O)c(C(=O)NC3CC3)c(O)n(CC(C)C)c2c1C=CC(=O)N1CCC(F)(F)CC1. The minimum absolute atomic E-state index is 0.000790. The van der Waals surface area contributed by atoms with E-state index in [4.69, 9.17) is 0 Å². The van der Waals surface area contributed by atoms with Gasteiger partial charge in [0.2, 0.25) is 11.8 Å². The lowest BCUT2D eigenvalue weighted by molar-refractivity contribution is -0.132. The maximum atomic E-state index is 13.4. The summed E-state index contributed by atoms with van der Waals surface area (Å²) in [7, 11) is 0. The summed E-state index contributed by atoms with van der Waals surface area (Å²) in [4.78, 5) is 39.8. The van der Waals surface area contributed by atoms with Gasteiger partial charge >= 0.3 is 0 Å². The Morgan fingerprint density at radius 2 is 1.91 bits per heavy atom. The summed E-state index contributed by atoms with van der Waals surface area (Å²) >= 11 is 0. The molecule has 0 bridgehead atoms. The monoisotopic (exact) mass is 477 g/mol. The third kappa shape index (κ3) is 4.69. The predicted octanol–water partition coefficient (Wildman–Crippen LogP) is 2.33. The highest BCUT2D eigenvalue weighted by atomic mass is 19.3. The van der Waals surface area contributed by atoms with E-state index >= 15 is 0 Å². The third-order valence-corrected chi connectivity index (χ3v) is 6.11. The largest absolute Gasteiger partial charge is 0.494 e. The number of likely N-dealkylation sites (tertiary alicyclic amines) is 1. The molecule has 2 amide bonds. The van der Waals surface area contributed by atoms with Gasteiger partial charge in [-0.1, -0.05) is 13.8 Å². The number of aromatic hydroxyl groups is 1. The number of aryl methyl sites for hydroxylation is 1. The number of hydrogen-bond donors (Lipinski definition) is 2. The van der Waals surface area contributed by atoms with E-state index in [1.807, 2.05) is 13.8 Å². The van der Waals surface area contributed by atoms with E-state index in [1.165, 1.54) is 21.6 Å². The molecule has 2 aromatic heterocycles. The van der Waals surface area contributed by atoms with Crippen LogP contribution in [-0.2, 0) is 11.3 Å². The van der Waals surface area contributed by atoms with Gasteiger partial charge in [0.05, 0.1) is 5.69 Å². The Morgan fingerprint density at radius 3 is 2.50 bits per heavy atom. The fraction of sp³-hybridized carbons (Fsp3) is 0.565. The van der Waals surface area contributed by atoms with Crippen LogP contribution in [0, 0.1) is 12.8 Å². The Balaban J connectivity index is 1.75. The zero-order chi connectivity index (χ0) is 24.8. The molecule has 34 heavy (non-hydrogen) atoms. The molecule has 0 unspecified atom stereocenters. The van der Waals surface area contributed by atoms with Crippen LogP contribution < -0.4 is 10.9 Å². The maximum Gasteiger partial charge on any atom is 0.291 e. The molecule has 4 rings (SSSR count). The highest BCUT2D eigenvalue weighted by Gasteiger charge is 2.35. The van der Waals surface area contributed by atoms with E-state index in [1.54, 1.807) is 6.92 Å². The fourth-order valence-corrected chi connectivity index (χ4v) is 4.10. The van der Waals surface area contributed by atoms with Crippen LogP contribution in [0.1, 0.15) is 61.1 Å². The highest BCUT2D eigenvalue weighted by Crippen LogP contribution is 2.29. The van der Waals surface area contributed by atoms with Gasteiger partial charge in [-0.3, -0.25) is 19.0 Å². The molecule has 0 atom stereocenters. The van der Waals surface area contributed by atoms with Gasteiger partial charge in [0.15, 0.2) is 5.56 Å². The van der Waals surface area contributed by atoms with Gasteiger partial charge in [0.25, 0.3) is 17.4 Å². The second kappa shape index (κ2) is 8.84. The molecule has 0 spiro atoms. The van der Waals surface area contributed by atoms with E-state index in [2.05, 4.69) is 10.4 Å². The standard InChI is InChI=1S/C23H29F2N5O4/c1-13(2)12-29-20-16(6-7-17(31)28-10-8-23(24,25)9-11-28)14(3)27-30(20)22(34)18(21(29)33)19(32)26-15-4-5-15/h6-7,13,15,33H,4-5,8-12H2,1-3H3,(H,26,32). The van der Waals surface area contributed by atoms with Crippen LogP contribution in [0.25, 0.3) is 11.7 Å². The lowest BCUT2D eigenvalue weighted by atomic mass is 10.1. The Bertz CT molecular complexity index is 1220. The van der Waals surface area contributed by atoms with Crippen molar-refractivity contribution in [1.82, 2.24) is 24.4 Å². The normalized spacial score (nSPS) is 18.2. The van der Waals surface area contributed by atoms with Crippen LogP contribution in [0.15, 0.2) is 10.9 Å². The molecular formula is C23H29F2N5O4. The molecule has 2 aliphatic rings. The number of carbonyl (C=O) groups excluding carboxylic acids is 2. The van der Waals surface area contributed by atoms with Gasteiger partial charge < -0.3 is 15.3 Å². The average Bonchev–Trinajstić information content (AvgIpc) is 3.50. The van der Waals surface area contributed by atoms with Crippen molar-refractivity contribution in [2.75, 3.05) is 13.1 Å². The molecule has 9 nitrogen and oxygen atoms in total. The van der Waals surface area contributed by atoms with Crippen molar-refractivity contribution in [1.29, 1.82) is 0 Å². The number of piperidine rings is 1. The van der Waals surface area contributed by atoms with Crippen LogP contribution in [0.2, 0.25) is 0 Å². The second-order valence-electron chi connectivity index (χ2n) is 9.51. The molecule has 2 fully saturated rings. The van der Waals surface area contributed by atoms with Crippen molar-refractivity contribution < 1.29 is 23.5 Å². The van der Waals surface area contributed by atoms with Gasteiger partial charge in [-0.2, -0.15) is 9.61 Å². The van der Waals surface area contributed by atoms with Gasteiger partial charge in [0, 0.05) is 50.2 Å². The number of hydrogen-bond acceptors (Lipinski definition) is 5. The Kier molecular flexibility index (Phi) is 6.22. The minimum atomic E-state index is -2.76. The van der Waals surface area contributed by atoms with Crippen molar-refractivity contribution in [2.24, 2.45) is 5.92 Å². The van der Waals surface area contributed by atoms with E-state index < -0.39 is 29.2 Å². The topological polar surface area (TPSA) is 109 Å². The molecular weight excluding hydrogens is 448 g/mol. The van der Waals surface area contributed by atoms with E-state index in [-0.39, 0.29) is 49.1 Å². The number of alkyl halides is 2. The number of amides is 2. The van der Waals surface area contributed by atoms with Crippen molar-refractivity contribution >= 4 is 23.5 Å². The number of nitrogens with zero attached hydrogens (tertiary/aromatic N) is 4. The number of nitrogens with one attached hydrogen (secondary N) is 1. The van der Waals surface area contributed by atoms with Crippen molar-refractivity contribution in [2.45, 2.75) is 65.0 Å². The average molecular weight is 478 g/mol. The third-order valence-electron chi connectivity index (χ3n) is 6.11. The summed E-state index contributed by atoms with van der Waals surface area (Å²) in [5.41, 5.74) is -0.0202. The fourth-order valence-electron chi connectivity index (χ4n) is 4.10. The Labute approximate surface area is 195 Å². The van der Waals surface area contributed by atoms with Crippen molar-refractivity contribution in [3.05, 3.63) is 33.3 Å². The molecule has 2 aromatic rings. The molecule has 2 N–H and O–H groups in total. The van der Waals surface area contributed by atoms with Crippen LogP contribution in [-0.4, -0.2) is 61.1 Å². The molecule has 1 saturated carbocycles. The van der Waals surface area contributed by atoms with Gasteiger partial charge in [-0.25, -0.2) is 8.78 Å². The Morgan fingerprint density at radius 1 is 1.26 bits per heavy atom. The lowest BCUT2D eigenvalue weighted by Crippen LogP contribution is -2.42. The summed E-state index contributed by atoms with van der Waals surface area (Å²) in [5, 5.41) is 18.0. The number of rotatable bonds is 6. The van der Waals surface area contributed by atoms with Crippen molar-refractivity contribution in [3.8, 4) is 5.88 Å². The number of aromatic nitrogens is 3. The van der Waals surface area contributed by atoms with Crippen LogP contribution in [0.3, 0.4) is 0 Å². The van der Waals surface area contributed by atoms with Crippen molar-refractivity contribution in [3.63, 3.8) is 0 Å². The molecule has 1 aliphatic heterocycles. The summed E-state index contributed by atoms with van der Waals surface area (Å²) in [6, 6.07) is -0.000790. The quantitative estimate of drug-likeness (QED) is 0.621. The van der Waals surface area contributed by atoms with Gasteiger partial charge in [-0.15, -0.1) is 0 Å². The first-order valence-corrected chi connectivity index (χ1v) is 11.5. The lowest BCUT2D eigenvalue weighted by Gasteiger charge is -2.30. The van der Waals surface area contributed by atoms with E-state index in [0.717, 1.165) is 17.4 Å². The molecule has 0 radical (unpaired) electrons. The molecule has 3 heterocycles. The first-order valence-electron chi connectivity index (χ1n) is 11.5.